The Bertz CT molecular complexity index is 812. The van der Waals surface area contributed by atoms with Gasteiger partial charge in [-0.3, -0.25) is 0 Å². The maximum atomic E-state index is 12.8. The minimum absolute atomic E-state index is 0.112. The Balaban J connectivity index is 1.85. The maximum Gasteiger partial charge on any atom is 0.243 e. The molecule has 1 aromatic heterocycles. The Morgan fingerprint density at radius 2 is 2.17 bits per heavy atom. The van der Waals surface area contributed by atoms with Crippen LogP contribution in [0.2, 0.25) is 5.02 Å². The first-order valence-electron chi connectivity index (χ1n) is 7.33. The second-order valence-electron chi connectivity index (χ2n) is 5.54. The second kappa shape index (κ2) is 6.47. The standard InChI is InChI=1S/C16H17ClN2O3S/c1-2-8-19(11-14-10-16(18-22-14)12-6-7-12)23(20,21)15-5-3-4-13(17)9-15/h2-5,9-10,12H,1,6-8,11H2. The van der Waals surface area contributed by atoms with Gasteiger partial charge in [0.15, 0.2) is 5.76 Å². The topological polar surface area (TPSA) is 63.4 Å². The highest BCUT2D eigenvalue weighted by Crippen LogP contribution is 2.39. The Hall–Kier alpha value is -1.63. The summed E-state index contributed by atoms with van der Waals surface area (Å²) in [5.74, 6) is 0.990. The molecule has 1 aromatic carbocycles. The number of hydrogen-bond donors (Lipinski definition) is 0. The van der Waals surface area contributed by atoms with Crippen molar-refractivity contribution < 1.29 is 12.9 Å². The third kappa shape index (κ3) is 3.65. The zero-order valence-electron chi connectivity index (χ0n) is 12.5. The first kappa shape index (κ1) is 16.2. The number of benzene rings is 1. The van der Waals surface area contributed by atoms with Crippen molar-refractivity contribution in [2.45, 2.75) is 30.2 Å². The fraction of sp³-hybridized carbons (Fsp3) is 0.312. The van der Waals surface area contributed by atoms with Gasteiger partial charge in [0.1, 0.15) is 0 Å². The van der Waals surface area contributed by atoms with Crippen molar-refractivity contribution in [1.82, 2.24) is 9.46 Å². The fourth-order valence-electron chi connectivity index (χ4n) is 2.32. The van der Waals surface area contributed by atoms with Crippen LogP contribution in [0.4, 0.5) is 0 Å². The van der Waals surface area contributed by atoms with Crippen molar-refractivity contribution >= 4 is 21.6 Å². The third-order valence-electron chi connectivity index (χ3n) is 3.67. The summed E-state index contributed by atoms with van der Waals surface area (Å²) in [7, 11) is -3.69. The van der Waals surface area contributed by atoms with Gasteiger partial charge in [0.05, 0.1) is 17.1 Å². The number of rotatable bonds is 7. The summed E-state index contributed by atoms with van der Waals surface area (Å²) in [5.41, 5.74) is 0.902. The average molecular weight is 353 g/mol. The van der Waals surface area contributed by atoms with Gasteiger partial charge < -0.3 is 4.52 Å². The molecule has 0 aliphatic heterocycles. The summed E-state index contributed by atoms with van der Waals surface area (Å²) < 4.78 is 32.2. The molecule has 5 nitrogen and oxygen atoms in total. The maximum absolute atomic E-state index is 12.8. The number of aromatic nitrogens is 1. The molecule has 3 rings (SSSR count). The van der Waals surface area contributed by atoms with Gasteiger partial charge >= 0.3 is 0 Å². The number of halogens is 1. The van der Waals surface area contributed by atoms with Crippen LogP contribution >= 0.6 is 11.6 Å². The van der Waals surface area contributed by atoms with Crippen molar-refractivity contribution in [2.75, 3.05) is 6.54 Å². The quantitative estimate of drug-likeness (QED) is 0.714. The molecule has 1 aliphatic rings. The molecule has 0 bridgehead atoms. The van der Waals surface area contributed by atoms with Crippen LogP contribution in [-0.4, -0.2) is 24.4 Å². The predicted octanol–water partition coefficient (Wildman–Crippen LogP) is 3.58. The molecule has 0 amide bonds. The van der Waals surface area contributed by atoms with Crippen LogP contribution < -0.4 is 0 Å². The van der Waals surface area contributed by atoms with Crippen LogP contribution in [-0.2, 0) is 16.6 Å². The van der Waals surface area contributed by atoms with Crippen molar-refractivity contribution in [3.63, 3.8) is 0 Å². The van der Waals surface area contributed by atoms with Crippen LogP contribution in [0.5, 0.6) is 0 Å². The van der Waals surface area contributed by atoms with Crippen LogP contribution in [0.3, 0.4) is 0 Å². The Morgan fingerprint density at radius 3 is 2.83 bits per heavy atom. The lowest BCUT2D eigenvalue weighted by atomic mass is 10.3. The molecule has 122 valence electrons. The lowest BCUT2D eigenvalue weighted by Crippen LogP contribution is -2.30. The van der Waals surface area contributed by atoms with Gasteiger partial charge in [-0.25, -0.2) is 8.42 Å². The Labute approximate surface area is 140 Å². The predicted molar refractivity (Wildman–Crippen MR) is 87.7 cm³/mol. The lowest BCUT2D eigenvalue weighted by molar-refractivity contribution is 0.330. The van der Waals surface area contributed by atoms with Crippen LogP contribution in [0.15, 0.2) is 52.4 Å². The van der Waals surface area contributed by atoms with E-state index in [0.29, 0.717) is 16.7 Å². The summed E-state index contributed by atoms with van der Waals surface area (Å²) in [4.78, 5) is 0.147. The molecule has 2 aromatic rings. The van der Waals surface area contributed by atoms with Crippen LogP contribution in [0.1, 0.15) is 30.2 Å². The van der Waals surface area contributed by atoms with E-state index in [1.165, 1.54) is 16.4 Å². The van der Waals surface area contributed by atoms with E-state index < -0.39 is 10.0 Å². The summed E-state index contributed by atoms with van der Waals surface area (Å²) in [6.07, 6.45) is 3.77. The molecule has 1 saturated carbocycles. The van der Waals surface area contributed by atoms with Gasteiger partial charge in [-0.15, -0.1) is 6.58 Å². The minimum atomic E-state index is -3.69. The highest BCUT2D eigenvalue weighted by Gasteiger charge is 2.29. The summed E-state index contributed by atoms with van der Waals surface area (Å²) in [6.45, 7) is 3.92. The van der Waals surface area contributed by atoms with Crippen molar-refractivity contribution in [1.29, 1.82) is 0 Å². The van der Waals surface area contributed by atoms with Gasteiger partial charge in [0.25, 0.3) is 0 Å². The summed E-state index contributed by atoms with van der Waals surface area (Å²) in [5, 5.41) is 4.39. The van der Waals surface area contributed by atoms with E-state index >= 15 is 0 Å². The summed E-state index contributed by atoms with van der Waals surface area (Å²) in [6, 6.07) is 8.04. The molecule has 7 heteroatoms. The van der Waals surface area contributed by atoms with Crippen molar-refractivity contribution in [2.24, 2.45) is 0 Å². The second-order valence-corrected chi connectivity index (χ2v) is 7.91. The average Bonchev–Trinajstić information content (AvgIpc) is 3.27. The van der Waals surface area contributed by atoms with E-state index in [9.17, 15) is 8.42 Å². The first-order chi connectivity index (χ1) is 11.0. The number of sulfonamides is 1. The largest absolute Gasteiger partial charge is 0.360 e. The van der Waals surface area contributed by atoms with Crippen molar-refractivity contribution in [3.8, 4) is 0 Å². The third-order valence-corrected chi connectivity index (χ3v) is 5.71. The van der Waals surface area contributed by atoms with Crippen molar-refractivity contribution in [3.05, 3.63) is 59.5 Å². The zero-order chi connectivity index (χ0) is 16.4. The molecule has 23 heavy (non-hydrogen) atoms. The molecule has 0 unspecified atom stereocenters. The van der Waals surface area contributed by atoms with E-state index in [0.717, 1.165) is 18.5 Å². The molecule has 0 radical (unpaired) electrons. The minimum Gasteiger partial charge on any atom is -0.360 e. The van der Waals surface area contributed by atoms with Crippen LogP contribution in [0, 0.1) is 0 Å². The molecule has 1 heterocycles. The highest BCUT2D eigenvalue weighted by atomic mass is 35.5. The number of hydrogen-bond acceptors (Lipinski definition) is 4. The fourth-order valence-corrected chi connectivity index (χ4v) is 4.00. The van der Waals surface area contributed by atoms with Gasteiger partial charge in [-0.05, 0) is 31.0 Å². The lowest BCUT2D eigenvalue weighted by Gasteiger charge is -2.19. The van der Waals surface area contributed by atoms with Gasteiger partial charge in [0.2, 0.25) is 10.0 Å². The zero-order valence-corrected chi connectivity index (χ0v) is 14.1. The Morgan fingerprint density at radius 1 is 1.39 bits per heavy atom. The van der Waals surface area contributed by atoms with E-state index in [4.69, 9.17) is 16.1 Å². The first-order valence-corrected chi connectivity index (χ1v) is 9.14. The van der Waals surface area contributed by atoms with Crippen LogP contribution in [0.25, 0.3) is 0 Å². The molecule has 0 atom stereocenters. The molecule has 0 saturated heterocycles. The van der Waals surface area contributed by atoms with E-state index in [1.54, 1.807) is 18.2 Å². The summed E-state index contributed by atoms with van der Waals surface area (Å²) >= 11 is 5.91. The SMILES string of the molecule is C=CCN(Cc1cc(C2CC2)no1)S(=O)(=O)c1cccc(Cl)c1. The molecular weight excluding hydrogens is 336 g/mol. The number of nitrogens with zero attached hydrogens (tertiary/aromatic N) is 2. The normalized spacial score (nSPS) is 15.0. The van der Waals surface area contributed by atoms with E-state index in [-0.39, 0.29) is 18.0 Å². The Kier molecular flexibility index (Phi) is 4.57. The van der Waals surface area contributed by atoms with Gasteiger partial charge in [-0.1, -0.05) is 28.9 Å². The molecule has 0 spiro atoms. The monoisotopic (exact) mass is 352 g/mol. The molecule has 1 aliphatic carbocycles. The highest BCUT2D eigenvalue weighted by molar-refractivity contribution is 7.89. The van der Waals surface area contributed by atoms with E-state index in [2.05, 4.69) is 11.7 Å². The van der Waals surface area contributed by atoms with E-state index in [1.807, 2.05) is 6.07 Å². The molecular formula is C16H17ClN2O3S. The van der Waals surface area contributed by atoms with Gasteiger partial charge in [0, 0.05) is 23.6 Å². The smallest absolute Gasteiger partial charge is 0.243 e. The molecule has 0 N–H and O–H groups in total. The molecule has 1 fully saturated rings. The van der Waals surface area contributed by atoms with Gasteiger partial charge in [-0.2, -0.15) is 4.31 Å².